The monoisotopic (exact) mass is 385 g/mol. The molecular weight excluding hydrogens is 362 g/mol. The summed E-state index contributed by atoms with van der Waals surface area (Å²) in [4.78, 5) is 8.54. The van der Waals surface area contributed by atoms with Crippen molar-refractivity contribution in [3.8, 4) is 28.5 Å². The number of nitrogens with zero attached hydrogens (tertiary/aromatic N) is 3. The summed E-state index contributed by atoms with van der Waals surface area (Å²) in [7, 11) is 0. The highest BCUT2D eigenvalue weighted by atomic mass is 16.5. The topological polar surface area (TPSA) is 60.2 Å². The third-order valence-electron chi connectivity index (χ3n) is 5.70. The van der Waals surface area contributed by atoms with E-state index in [9.17, 15) is 5.11 Å². The molecule has 0 aliphatic heterocycles. The van der Waals surface area contributed by atoms with Crippen molar-refractivity contribution >= 4 is 11.0 Å². The maximum absolute atomic E-state index is 10.5. The van der Waals surface area contributed by atoms with E-state index in [0.29, 0.717) is 6.04 Å². The fourth-order valence-corrected chi connectivity index (χ4v) is 4.25. The van der Waals surface area contributed by atoms with Crippen LogP contribution in [0.4, 0.5) is 0 Å². The van der Waals surface area contributed by atoms with Crippen LogP contribution in [-0.2, 0) is 0 Å². The van der Waals surface area contributed by atoms with Gasteiger partial charge >= 0.3 is 0 Å². The lowest BCUT2D eigenvalue weighted by molar-refractivity contribution is 0.359. The van der Waals surface area contributed by atoms with Gasteiger partial charge < -0.3 is 14.4 Å². The molecule has 5 rings (SSSR count). The van der Waals surface area contributed by atoms with Gasteiger partial charge in [0, 0.05) is 17.8 Å². The molecule has 0 atom stereocenters. The number of aromatic hydroxyl groups is 1. The Morgan fingerprint density at radius 1 is 0.862 bits per heavy atom. The average molecular weight is 385 g/mol. The summed E-state index contributed by atoms with van der Waals surface area (Å²) in [6.45, 7) is 0. The molecular formula is C24H23N3O2. The van der Waals surface area contributed by atoms with Crippen molar-refractivity contribution in [3.63, 3.8) is 0 Å². The second kappa shape index (κ2) is 7.59. The second-order valence-electron chi connectivity index (χ2n) is 7.58. The molecule has 0 amide bonds. The van der Waals surface area contributed by atoms with E-state index in [4.69, 9.17) is 4.74 Å². The molecule has 146 valence electrons. The van der Waals surface area contributed by atoms with Crippen molar-refractivity contribution in [2.75, 3.05) is 0 Å². The lowest BCUT2D eigenvalue weighted by Gasteiger charge is -2.23. The lowest BCUT2D eigenvalue weighted by Crippen LogP contribution is -2.12. The van der Waals surface area contributed by atoms with Crippen LogP contribution in [0.3, 0.4) is 0 Å². The van der Waals surface area contributed by atoms with Gasteiger partial charge in [-0.25, -0.2) is 9.97 Å². The zero-order chi connectivity index (χ0) is 19.6. The molecule has 2 aromatic carbocycles. The maximum atomic E-state index is 10.5. The Morgan fingerprint density at radius 2 is 1.59 bits per heavy atom. The zero-order valence-corrected chi connectivity index (χ0v) is 16.2. The molecule has 1 aliphatic rings. The minimum Gasteiger partial charge on any atom is -0.493 e. The van der Waals surface area contributed by atoms with E-state index < -0.39 is 0 Å². The summed E-state index contributed by atoms with van der Waals surface area (Å²) in [5, 5.41) is 11.2. The average Bonchev–Trinajstić information content (AvgIpc) is 3.17. The highest BCUT2D eigenvalue weighted by Crippen LogP contribution is 2.39. The third kappa shape index (κ3) is 3.44. The van der Waals surface area contributed by atoms with Crippen molar-refractivity contribution in [2.24, 2.45) is 0 Å². The van der Waals surface area contributed by atoms with Crippen molar-refractivity contribution in [2.45, 2.75) is 38.1 Å². The summed E-state index contributed by atoms with van der Waals surface area (Å²) in [5.74, 6) is 1.61. The second-order valence-corrected chi connectivity index (χ2v) is 7.58. The summed E-state index contributed by atoms with van der Waals surface area (Å²) in [6, 6.07) is 18.1. The van der Waals surface area contributed by atoms with Gasteiger partial charge in [-0.15, -0.1) is 0 Å². The van der Waals surface area contributed by atoms with E-state index >= 15 is 0 Å². The fraction of sp³-hybridized carbons (Fsp3) is 0.250. The van der Waals surface area contributed by atoms with E-state index in [1.165, 1.54) is 25.6 Å². The number of rotatable bonds is 4. The van der Waals surface area contributed by atoms with Crippen LogP contribution < -0.4 is 4.74 Å². The van der Waals surface area contributed by atoms with Crippen LogP contribution in [-0.4, -0.2) is 19.6 Å². The van der Waals surface area contributed by atoms with Crippen LogP contribution in [0.25, 0.3) is 22.2 Å². The lowest BCUT2D eigenvalue weighted by atomic mass is 9.95. The van der Waals surface area contributed by atoms with Gasteiger partial charge in [-0.1, -0.05) is 49.6 Å². The SMILES string of the molecule is Oc1ncnc2c1c(-c1ccc(Oc3ccccc3)cc1)cn2C1CCCCC1. The number of para-hydroxylation sites is 1. The Morgan fingerprint density at radius 3 is 2.34 bits per heavy atom. The molecule has 1 N–H and O–H groups in total. The first-order valence-corrected chi connectivity index (χ1v) is 10.2. The molecule has 2 aromatic heterocycles. The number of hydrogen-bond donors (Lipinski definition) is 1. The normalized spacial score (nSPS) is 14.9. The first kappa shape index (κ1) is 17.7. The molecule has 0 saturated heterocycles. The minimum atomic E-state index is 0.0316. The standard InChI is InChI=1S/C24H23N3O2/c28-24-22-21(15-27(23(22)25-16-26-24)18-7-3-1-4-8-18)17-11-13-20(14-12-17)29-19-9-5-2-6-10-19/h2,5-6,9-16,18H,1,3-4,7-8H2,(H,25,26,28). The van der Waals surface area contributed by atoms with Crippen LogP contribution in [0.5, 0.6) is 17.4 Å². The molecule has 29 heavy (non-hydrogen) atoms. The van der Waals surface area contributed by atoms with Gasteiger partial charge in [0.05, 0.1) is 5.39 Å². The zero-order valence-electron chi connectivity index (χ0n) is 16.2. The third-order valence-corrected chi connectivity index (χ3v) is 5.70. The Balaban J connectivity index is 1.52. The fourth-order valence-electron chi connectivity index (χ4n) is 4.25. The molecule has 5 nitrogen and oxygen atoms in total. The van der Waals surface area contributed by atoms with Gasteiger partial charge in [-0.2, -0.15) is 0 Å². The number of benzene rings is 2. The van der Waals surface area contributed by atoms with E-state index in [-0.39, 0.29) is 5.88 Å². The Hall–Kier alpha value is -3.34. The quantitative estimate of drug-likeness (QED) is 0.461. The van der Waals surface area contributed by atoms with Crippen LogP contribution in [0.2, 0.25) is 0 Å². The Kier molecular flexibility index (Phi) is 4.64. The van der Waals surface area contributed by atoms with Crippen molar-refractivity contribution in [1.29, 1.82) is 0 Å². The van der Waals surface area contributed by atoms with Crippen LogP contribution >= 0.6 is 0 Å². The first-order chi connectivity index (χ1) is 14.3. The summed E-state index contributed by atoms with van der Waals surface area (Å²) < 4.78 is 8.14. The number of ether oxygens (including phenoxy) is 1. The van der Waals surface area contributed by atoms with Gasteiger partial charge in [0.1, 0.15) is 23.5 Å². The molecule has 1 saturated carbocycles. The predicted octanol–water partition coefficient (Wildman–Crippen LogP) is 6.10. The number of fused-ring (bicyclic) bond motifs is 1. The van der Waals surface area contributed by atoms with Crippen molar-refractivity contribution in [3.05, 3.63) is 67.1 Å². The predicted molar refractivity (Wildman–Crippen MR) is 113 cm³/mol. The van der Waals surface area contributed by atoms with Crippen LogP contribution in [0, 0.1) is 0 Å². The maximum Gasteiger partial charge on any atom is 0.224 e. The highest BCUT2D eigenvalue weighted by Gasteiger charge is 2.22. The number of aromatic nitrogens is 3. The molecule has 0 bridgehead atoms. The first-order valence-electron chi connectivity index (χ1n) is 10.2. The van der Waals surface area contributed by atoms with E-state index in [1.54, 1.807) is 0 Å². The molecule has 5 heteroatoms. The molecule has 0 unspecified atom stereocenters. The van der Waals surface area contributed by atoms with Gasteiger partial charge in [0.2, 0.25) is 5.88 Å². The van der Waals surface area contributed by atoms with Crippen molar-refractivity contribution < 1.29 is 9.84 Å². The van der Waals surface area contributed by atoms with Crippen LogP contribution in [0.1, 0.15) is 38.1 Å². The Bertz CT molecular complexity index is 1110. The highest BCUT2D eigenvalue weighted by molar-refractivity contribution is 5.97. The molecule has 1 aliphatic carbocycles. The van der Waals surface area contributed by atoms with E-state index in [2.05, 4.69) is 20.7 Å². The van der Waals surface area contributed by atoms with Gasteiger partial charge in [-0.05, 0) is 42.7 Å². The summed E-state index contributed by atoms with van der Waals surface area (Å²) >= 11 is 0. The van der Waals surface area contributed by atoms with Crippen molar-refractivity contribution in [1.82, 2.24) is 14.5 Å². The molecule has 1 fully saturated rings. The van der Waals surface area contributed by atoms with E-state index in [0.717, 1.165) is 46.5 Å². The van der Waals surface area contributed by atoms with Gasteiger partial charge in [0.15, 0.2) is 0 Å². The molecule has 0 spiro atoms. The molecule has 2 heterocycles. The number of hydrogen-bond acceptors (Lipinski definition) is 4. The molecule has 4 aromatic rings. The smallest absolute Gasteiger partial charge is 0.224 e. The Labute approximate surface area is 169 Å². The van der Waals surface area contributed by atoms with Gasteiger partial charge in [-0.3, -0.25) is 0 Å². The minimum absolute atomic E-state index is 0.0316. The van der Waals surface area contributed by atoms with E-state index in [1.807, 2.05) is 54.6 Å². The summed E-state index contributed by atoms with van der Waals surface area (Å²) in [5.41, 5.74) is 2.77. The van der Waals surface area contributed by atoms with Gasteiger partial charge in [0.25, 0.3) is 0 Å². The summed E-state index contributed by atoms with van der Waals surface area (Å²) in [6.07, 6.45) is 9.64. The molecule has 0 radical (unpaired) electrons. The largest absolute Gasteiger partial charge is 0.493 e. The van der Waals surface area contributed by atoms with Crippen LogP contribution in [0.15, 0.2) is 67.1 Å².